The summed E-state index contributed by atoms with van der Waals surface area (Å²) in [6.07, 6.45) is 2.27. The van der Waals surface area contributed by atoms with Crippen molar-refractivity contribution in [2.45, 2.75) is 84.2 Å². The Balaban J connectivity index is 1.45. The fraction of sp³-hybridized carbons (Fsp3) is 0.571. The second-order valence-corrected chi connectivity index (χ2v) is 13.4. The monoisotopic (exact) mass is 541 g/mol. The molecule has 5 rings (SSSR count). The van der Waals surface area contributed by atoms with Crippen LogP contribution in [0.25, 0.3) is 0 Å². The van der Waals surface area contributed by atoms with Gasteiger partial charge in [-0.05, 0) is 77.5 Å². The van der Waals surface area contributed by atoms with Crippen LogP contribution in [0.3, 0.4) is 0 Å². The van der Waals surface area contributed by atoms with Gasteiger partial charge in [-0.15, -0.1) is 11.3 Å². The minimum absolute atomic E-state index is 0.0637. The van der Waals surface area contributed by atoms with E-state index in [4.69, 9.17) is 9.47 Å². The Kier molecular flexibility index (Phi) is 6.44. The number of amides is 3. The predicted molar refractivity (Wildman–Crippen MR) is 141 cm³/mol. The first-order chi connectivity index (χ1) is 17.7. The maximum absolute atomic E-state index is 13.4. The van der Waals surface area contributed by atoms with Crippen molar-refractivity contribution < 1.29 is 28.7 Å². The highest BCUT2D eigenvalue weighted by Gasteiger charge is 2.64. The van der Waals surface area contributed by atoms with Gasteiger partial charge in [0.25, 0.3) is 5.91 Å². The van der Waals surface area contributed by atoms with Gasteiger partial charge in [0.15, 0.2) is 0 Å². The van der Waals surface area contributed by atoms with Gasteiger partial charge >= 0.3 is 12.1 Å². The van der Waals surface area contributed by atoms with E-state index < -0.39 is 29.3 Å². The Labute approximate surface area is 227 Å². The third-order valence-corrected chi connectivity index (χ3v) is 7.96. The number of esters is 1. The van der Waals surface area contributed by atoms with E-state index >= 15 is 0 Å². The molecule has 0 bridgehead atoms. The second-order valence-electron chi connectivity index (χ2n) is 12.3. The number of ether oxygens (including phenoxy) is 2. The zero-order valence-electron chi connectivity index (χ0n) is 22.8. The number of likely N-dealkylation sites (tertiary alicyclic amines) is 2. The van der Waals surface area contributed by atoms with E-state index in [0.717, 1.165) is 4.88 Å². The summed E-state index contributed by atoms with van der Waals surface area (Å²) in [5.41, 5.74) is -0.0384. The van der Waals surface area contributed by atoms with E-state index in [1.807, 2.05) is 22.4 Å². The predicted octanol–water partition coefficient (Wildman–Crippen LogP) is 3.85. The molecule has 2 unspecified atom stereocenters. The summed E-state index contributed by atoms with van der Waals surface area (Å²) >= 11 is 1.61. The van der Waals surface area contributed by atoms with Gasteiger partial charge in [-0.2, -0.15) is 0 Å². The van der Waals surface area contributed by atoms with Crippen LogP contribution in [0, 0.1) is 5.92 Å². The van der Waals surface area contributed by atoms with Crippen LogP contribution in [-0.4, -0.2) is 75.0 Å². The van der Waals surface area contributed by atoms with Gasteiger partial charge in [0.1, 0.15) is 22.9 Å². The number of hydrogen-bond donors (Lipinski definition) is 0. The SMILES string of the molecule is CC(C)(C)OC(=O)C1=C(C=C2CCN(Cc3cccs3)C2=O)CC2CN(C(=O)OC(C)(C)C)C3C(=O)N1[C@H]23. The number of allylic oxidation sites excluding steroid dienone is 2. The summed E-state index contributed by atoms with van der Waals surface area (Å²) in [6, 6.07) is 3.00. The van der Waals surface area contributed by atoms with Gasteiger partial charge in [-0.3, -0.25) is 19.4 Å². The molecule has 0 saturated carbocycles. The number of nitrogens with zero attached hydrogens (tertiary/aromatic N) is 3. The Hall–Kier alpha value is -3.14. The molecule has 3 amide bonds. The molecular formula is C28H35N3O6S. The zero-order chi connectivity index (χ0) is 27.6. The van der Waals surface area contributed by atoms with E-state index in [1.54, 1.807) is 59.0 Å². The first kappa shape index (κ1) is 26.5. The van der Waals surface area contributed by atoms with Crippen LogP contribution in [0.4, 0.5) is 4.79 Å². The van der Waals surface area contributed by atoms with Crippen molar-refractivity contribution >= 4 is 35.2 Å². The second kappa shape index (κ2) is 9.25. The molecule has 3 fully saturated rings. The van der Waals surface area contributed by atoms with E-state index in [2.05, 4.69) is 0 Å². The fourth-order valence-corrected chi connectivity index (χ4v) is 6.40. The summed E-state index contributed by atoms with van der Waals surface area (Å²) in [6.45, 7) is 12.2. The van der Waals surface area contributed by atoms with Crippen LogP contribution in [-0.2, 0) is 30.4 Å². The van der Waals surface area contributed by atoms with Gasteiger partial charge in [0, 0.05) is 29.5 Å². The Morgan fingerprint density at radius 1 is 1.11 bits per heavy atom. The molecule has 38 heavy (non-hydrogen) atoms. The number of carbonyl (C=O) groups excluding carboxylic acids is 4. The Morgan fingerprint density at radius 2 is 1.82 bits per heavy atom. The molecule has 0 aromatic carbocycles. The molecule has 4 aliphatic heterocycles. The molecule has 3 saturated heterocycles. The van der Waals surface area contributed by atoms with Crippen LogP contribution in [0.15, 0.2) is 40.4 Å². The number of hydrogen-bond acceptors (Lipinski definition) is 7. The van der Waals surface area contributed by atoms with E-state index in [-0.39, 0.29) is 29.5 Å². The molecule has 5 heterocycles. The van der Waals surface area contributed by atoms with E-state index in [0.29, 0.717) is 43.6 Å². The van der Waals surface area contributed by atoms with E-state index in [1.165, 1.54) is 9.80 Å². The van der Waals surface area contributed by atoms with Crippen LogP contribution in [0.5, 0.6) is 0 Å². The van der Waals surface area contributed by atoms with E-state index in [9.17, 15) is 19.2 Å². The molecule has 0 aliphatic carbocycles. The number of β-lactam (4-membered cyclic amide) rings is 1. The van der Waals surface area contributed by atoms with Crippen molar-refractivity contribution in [2.24, 2.45) is 5.92 Å². The molecule has 10 heteroatoms. The van der Waals surface area contributed by atoms with Crippen molar-refractivity contribution in [1.29, 1.82) is 0 Å². The molecule has 1 aromatic heterocycles. The van der Waals surface area contributed by atoms with Crippen molar-refractivity contribution in [3.05, 3.63) is 45.3 Å². The molecule has 4 aliphatic rings. The highest BCUT2D eigenvalue weighted by molar-refractivity contribution is 7.09. The number of thiophene rings is 1. The number of carbonyl (C=O) groups is 4. The van der Waals surface area contributed by atoms with Crippen molar-refractivity contribution in [3.63, 3.8) is 0 Å². The highest BCUT2D eigenvalue weighted by Crippen LogP contribution is 2.48. The van der Waals surface area contributed by atoms with Crippen molar-refractivity contribution in [2.75, 3.05) is 13.1 Å². The molecule has 3 atom stereocenters. The third kappa shape index (κ3) is 4.86. The summed E-state index contributed by atoms with van der Waals surface area (Å²) in [7, 11) is 0. The Bertz CT molecular complexity index is 1240. The minimum Gasteiger partial charge on any atom is -0.455 e. The largest absolute Gasteiger partial charge is 0.455 e. The minimum atomic E-state index is -0.759. The molecule has 1 aromatic rings. The molecule has 0 radical (unpaired) electrons. The smallest absolute Gasteiger partial charge is 0.411 e. The fourth-order valence-electron chi connectivity index (χ4n) is 5.68. The zero-order valence-corrected chi connectivity index (χ0v) is 23.6. The topological polar surface area (TPSA) is 96.5 Å². The molecule has 0 N–H and O–H groups in total. The molecular weight excluding hydrogens is 506 g/mol. The first-order valence-electron chi connectivity index (χ1n) is 13.0. The lowest BCUT2D eigenvalue weighted by molar-refractivity contribution is -0.163. The van der Waals surface area contributed by atoms with Gasteiger partial charge in [0.05, 0.1) is 12.6 Å². The maximum Gasteiger partial charge on any atom is 0.411 e. The maximum atomic E-state index is 13.4. The van der Waals surface area contributed by atoms with Gasteiger partial charge < -0.3 is 14.4 Å². The van der Waals surface area contributed by atoms with Crippen LogP contribution >= 0.6 is 11.3 Å². The molecule has 9 nitrogen and oxygen atoms in total. The molecule has 0 spiro atoms. The third-order valence-electron chi connectivity index (χ3n) is 7.10. The quantitative estimate of drug-likeness (QED) is 0.326. The summed E-state index contributed by atoms with van der Waals surface area (Å²) in [5, 5.41) is 1.99. The normalized spacial score (nSPS) is 26.2. The number of rotatable bonds is 4. The summed E-state index contributed by atoms with van der Waals surface area (Å²) in [4.78, 5) is 58.9. The lowest BCUT2D eigenvalue weighted by Crippen LogP contribution is -2.69. The van der Waals surface area contributed by atoms with Crippen molar-refractivity contribution in [3.8, 4) is 0 Å². The van der Waals surface area contributed by atoms with Gasteiger partial charge in [0.2, 0.25) is 5.91 Å². The first-order valence-corrected chi connectivity index (χ1v) is 13.9. The summed E-state index contributed by atoms with van der Waals surface area (Å²) in [5.74, 6) is -1.05. The van der Waals surface area contributed by atoms with Crippen LogP contribution < -0.4 is 0 Å². The Morgan fingerprint density at radius 3 is 2.45 bits per heavy atom. The standard InChI is InChI=1S/C28H35N3O6S/c1-27(2,3)36-25(34)21-17(12-16-9-10-29(23(16)32)15-19-8-7-11-38-19)13-18-14-30(26(35)37-28(4,5)6)22-20(18)31(21)24(22)33/h7-8,11-12,18,20,22H,9-10,13-15H2,1-6H3/t18?,20-,22?/m1/s1. The van der Waals surface area contributed by atoms with Crippen LogP contribution in [0.1, 0.15) is 59.3 Å². The molecule has 204 valence electrons. The lowest BCUT2D eigenvalue weighted by atomic mass is 9.79. The lowest BCUT2D eigenvalue weighted by Gasteiger charge is -2.50. The summed E-state index contributed by atoms with van der Waals surface area (Å²) < 4.78 is 11.3. The average Bonchev–Trinajstić information content (AvgIpc) is 3.50. The van der Waals surface area contributed by atoms with Gasteiger partial charge in [-0.1, -0.05) is 6.07 Å². The van der Waals surface area contributed by atoms with Crippen molar-refractivity contribution in [1.82, 2.24) is 14.7 Å². The van der Waals surface area contributed by atoms with Crippen LogP contribution in [0.2, 0.25) is 0 Å². The van der Waals surface area contributed by atoms with Gasteiger partial charge in [-0.25, -0.2) is 9.59 Å². The highest BCUT2D eigenvalue weighted by atomic mass is 32.1. The average molecular weight is 542 g/mol.